The van der Waals surface area contributed by atoms with Gasteiger partial charge in [-0.05, 0) is 38.5 Å². The lowest BCUT2D eigenvalue weighted by Crippen LogP contribution is -2.27. The van der Waals surface area contributed by atoms with Crippen LogP contribution in [0.25, 0.3) is 0 Å². The van der Waals surface area contributed by atoms with E-state index in [0.29, 0.717) is 21.8 Å². The van der Waals surface area contributed by atoms with Crippen molar-refractivity contribution < 1.29 is 14.3 Å². The molecular weight excluding hydrogens is 444 g/mol. The topological polar surface area (TPSA) is 60.5 Å². The van der Waals surface area contributed by atoms with E-state index >= 15 is 0 Å². The van der Waals surface area contributed by atoms with E-state index in [4.69, 9.17) is 21.1 Å². The third kappa shape index (κ3) is 4.03. The number of nitrogens with zero attached hydrogens (tertiary/aromatic N) is 1. The molecule has 148 valence electrons. The molecule has 2 aromatic rings. The Kier molecular flexibility index (Phi) is 6.62. The van der Waals surface area contributed by atoms with Crippen LogP contribution in [0.15, 0.2) is 47.8 Å². The number of allylic oxidation sites excluding steroid dienone is 1. The maximum absolute atomic E-state index is 13.0. The lowest BCUT2D eigenvalue weighted by Gasteiger charge is -2.32. The number of fused-ring (bicyclic) bond motifs is 1. The van der Waals surface area contributed by atoms with E-state index in [2.05, 4.69) is 26.2 Å². The fourth-order valence-corrected chi connectivity index (χ4v) is 3.97. The van der Waals surface area contributed by atoms with E-state index in [1.807, 2.05) is 44.2 Å². The maximum Gasteiger partial charge on any atom is 0.336 e. The van der Waals surface area contributed by atoms with Gasteiger partial charge in [-0.3, -0.25) is 0 Å². The molecule has 1 aliphatic heterocycles. The van der Waals surface area contributed by atoms with Crippen LogP contribution < -0.4 is 10.1 Å². The highest BCUT2D eigenvalue weighted by molar-refractivity contribution is 9.09. The summed E-state index contributed by atoms with van der Waals surface area (Å²) in [5, 5.41) is 4.37. The van der Waals surface area contributed by atoms with Crippen LogP contribution in [-0.2, 0) is 9.53 Å². The highest BCUT2D eigenvalue weighted by Gasteiger charge is 2.38. The predicted octanol–water partition coefficient (Wildman–Crippen LogP) is 5.29. The van der Waals surface area contributed by atoms with Crippen LogP contribution >= 0.6 is 27.5 Å². The van der Waals surface area contributed by atoms with Gasteiger partial charge < -0.3 is 14.8 Å². The van der Waals surface area contributed by atoms with E-state index in [9.17, 15) is 4.79 Å². The van der Waals surface area contributed by atoms with Crippen molar-refractivity contribution in [2.24, 2.45) is 0 Å². The van der Waals surface area contributed by atoms with E-state index < -0.39 is 5.92 Å². The Labute approximate surface area is 178 Å². The van der Waals surface area contributed by atoms with Gasteiger partial charge in [-0.1, -0.05) is 45.7 Å². The largest absolute Gasteiger partial charge is 0.475 e. The zero-order valence-electron chi connectivity index (χ0n) is 16.0. The molecule has 7 heteroatoms. The van der Waals surface area contributed by atoms with Crippen molar-refractivity contribution in [3.63, 3.8) is 0 Å². The van der Waals surface area contributed by atoms with Crippen molar-refractivity contribution in [1.29, 1.82) is 0 Å². The molecule has 3 rings (SSSR count). The van der Waals surface area contributed by atoms with Crippen molar-refractivity contribution in [2.45, 2.75) is 32.8 Å². The number of alkyl halides is 1. The maximum atomic E-state index is 13.0. The lowest BCUT2D eigenvalue weighted by atomic mass is 9.81. The minimum atomic E-state index is -0.459. The molecule has 5 nitrogen and oxygen atoms in total. The van der Waals surface area contributed by atoms with Crippen molar-refractivity contribution in [3.8, 4) is 5.88 Å². The third-order valence-electron chi connectivity index (χ3n) is 4.33. The van der Waals surface area contributed by atoms with Gasteiger partial charge in [0.2, 0.25) is 5.88 Å². The van der Waals surface area contributed by atoms with Gasteiger partial charge in [-0.25, -0.2) is 9.78 Å². The standard InChI is InChI=1S/C21H22BrClN2O3/c1-4-27-21(26)19-16(11-22)25-15-9-10-24-20(28-12(2)3)18(15)17(19)13-7-5-6-8-14(13)23/h5-10,12,17,25H,4,11H2,1-3H3. The Morgan fingerprint density at radius 3 is 2.71 bits per heavy atom. The van der Waals surface area contributed by atoms with Crippen LogP contribution in [-0.4, -0.2) is 29.0 Å². The SMILES string of the molecule is CCOC(=O)C1=C(CBr)Nc2ccnc(OC(C)C)c2C1c1ccccc1Cl. The highest BCUT2D eigenvalue weighted by Crippen LogP contribution is 2.47. The molecule has 28 heavy (non-hydrogen) atoms. The summed E-state index contributed by atoms with van der Waals surface area (Å²) in [7, 11) is 0. The molecule has 0 amide bonds. The summed E-state index contributed by atoms with van der Waals surface area (Å²) >= 11 is 10.0. The Morgan fingerprint density at radius 1 is 1.32 bits per heavy atom. The van der Waals surface area contributed by atoms with E-state index in [0.717, 1.165) is 22.5 Å². The lowest BCUT2D eigenvalue weighted by molar-refractivity contribution is -0.138. The zero-order valence-corrected chi connectivity index (χ0v) is 18.3. The quantitative estimate of drug-likeness (QED) is 0.464. The van der Waals surface area contributed by atoms with E-state index in [1.165, 1.54) is 0 Å². The molecule has 1 aromatic heterocycles. The predicted molar refractivity (Wildman–Crippen MR) is 114 cm³/mol. The first-order valence-electron chi connectivity index (χ1n) is 9.11. The fourth-order valence-electron chi connectivity index (χ4n) is 3.28. The molecule has 0 saturated heterocycles. The first-order valence-corrected chi connectivity index (χ1v) is 10.6. The molecule has 2 heterocycles. The zero-order chi connectivity index (χ0) is 20.3. The third-order valence-corrected chi connectivity index (χ3v) is 5.24. The molecule has 1 atom stereocenters. The van der Waals surface area contributed by atoms with Crippen LogP contribution in [0.3, 0.4) is 0 Å². The van der Waals surface area contributed by atoms with Gasteiger partial charge >= 0.3 is 5.97 Å². The molecular formula is C21H22BrClN2O3. The summed E-state index contributed by atoms with van der Waals surface area (Å²) < 4.78 is 11.4. The molecule has 0 radical (unpaired) electrons. The average Bonchev–Trinajstić information content (AvgIpc) is 2.67. The minimum absolute atomic E-state index is 0.0708. The number of rotatable bonds is 6. The summed E-state index contributed by atoms with van der Waals surface area (Å²) in [5.74, 6) is -0.376. The first kappa shape index (κ1) is 20.7. The molecule has 1 unspecified atom stereocenters. The number of anilines is 1. The van der Waals surface area contributed by atoms with E-state index in [1.54, 1.807) is 13.1 Å². The molecule has 1 aromatic carbocycles. The number of benzene rings is 1. The van der Waals surface area contributed by atoms with Gasteiger partial charge in [-0.2, -0.15) is 0 Å². The number of hydrogen-bond donors (Lipinski definition) is 1. The normalized spacial score (nSPS) is 15.9. The number of esters is 1. The second kappa shape index (κ2) is 8.97. The fraction of sp³-hybridized carbons (Fsp3) is 0.333. The summed E-state index contributed by atoms with van der Waals surface area (Å²) in [5.41, 5.74) is 3.64. The molecule has 1 N–H and O–H groups in total. The van der Waals surface area contributed by atoms with E-state index in [-0.39, 0.29) is 18.7 Å². The van der Waals surface area contributed by atoms with Gasteiger partial charge in [0.05, 0.1) is 29.8 Å². The van der Waals surface area contributed by atoms with Crippen molar-refractivity contribution >= 4 is 39.2 Å². The monoisotopic (exact) mass is 464 g/mol. The number of hydrogen-bond acceptors (Lipinski definition) is 5. The van der Waals surface area contributed by atoms with Gasteiger partial charge in [0, 0.05) is 27.9 Å². The van der Waals surface area contributed by atoms with Crippen molar-refractivity contribution in [3.05, 3.63) is 63.9 Å². The van der Waals surface area contributed by atoms with Gasteiger partial charge in [0.25, 0.3) is 0 Å². The highest BCUT2D eigenvalue weighted by atomic mass is 79.9. The average molecular weight is 466 g/mol. The molecule has 0 bridgehead atoms. The number of nitrogens with one attached hydrogen (secondary N) is 1. The summed E-state index contributed by atoms with van der Waals surface area (Å²) in [6.45, 7) is 5.94. The number of halogens is 2. The molecule has 0 spiro atoms. The minimum Gasteiger partial charge on any atom is -0.475 e. The first-order chi connectivity index (χ1) is 13.5. The molecule has 0 saturated carbocycles. The Balaban J connectivity index is 2.29. The molecule has 1 aliphatic rings. The van der Waals surface area contributed by atoms with Gasteiger partial charge in [-0.15, -0.1) is 0 Å². The van der Waals surface area contributed by atoms with Crippen LogP contribution in [0.4, 0.5) is 5.69 Å². The van der Waals surface area contributed by atoms with Crippen LogP contribution in [0.1, 0.15) is 37.8 Å². The number of carbonyl (C=O) groups is 1. The Bertz CT molecular complexity index is 914. The number of pyridine rings is 1. The second-order valence-corrected chi connectivity index (χ2v) is 7.54. The number of aromatic nitrogens is 1. The Morgan fingerprint density at radius 2 is 2.07 bits per heavy atom. The Hall–Kier alpha value is -2.05. The van der Waals surface area contributed by atoms with Crippen LogP contribution in [0, 0.1) is 0 Å². The molecule has 0 fully saturated rings. The van der Waals surface area contributed by atoms with Crippen LogP contribution in [0.2, 0.25) is 5.02 Å². The van der Waals surface area contributed by atoms with Gasteiger partial charge in [0.15, 0.2) is 0 Å². The van der Waals surface area contributed by atoms with Crippen molar-refractivity contribution in [2.75, 3.05) is 17.3 Å². The molecule has 0 aliphatic carbocycles. The van der Waals surface area contributed by atoms with Crippen LogP contribution in [0.5, 0.6) is 5.88 Å². The summed E-state index contributed by atoms with van der Waals surface area (Å²) in [6.07, 6.45) is 1.62. The summed E-state index contributed by atoms with van der Waals surface area (Å²) in [6, 6.07) is 9.37. The van der Waals surface area contributed by atoms with Crippen molar-refractivity contribution in [1.82, 2.24) is 4.98 Å². The second-order valence-electron chi connectivity index (χ2n) is 6.57. The number of ether oxygens (including phenoxy) is 2. The summed E-state index contributed by atoms with van der Waals surface area (Å²) in [4.78, 5) is 17.4. The van der Waals surface area contributed by atoms with Gasteiger partial charge in [0.1, 0.15) is 0 Å². The number of carbonyl (C=O) groups excluding carboxylic acids is 1. The smallest absolute Gasteiger partial charge is 0.336 e.